The summed E-state index contributed by atoms with van der Waals surface area (Å²) in [7, 11) is 0.247. The van der Waals surface area contributed by atoms with Crippen LogP contribution in [0.25, 0.3) is 0 Å². The number of halogens is 1. The first-order valence-electron chi connectivity index (χ1n) is 8.63. The molecule has 2 aliphatic rings. The zero-order valence-electron chi connectivity index (χ0n) is 14.8. The van der Waals surface area contributed by atoms with Gasteiger partial charge in [-0.2, -0.15) is 9.40 Å². The summed E-state index contributed by atoms with van der Waals surface area (Å²) >= 11 is 6.21. The Morgan fingerprint density at radius 3 is 2.25 bits per heavy atom. The van der Waals surface area contributed by atoms with Gasteiger partial charge in [-0.1, -0.05) is 11.6 Å². The van der Waals surface area contributed by atoms with Gasteiger partial charge >= 0.3 is 0 Å². The number of sulfonamides is 1. The Kier molecular flexibility index (Phi) is 4.99. The maximum atomic E-state index is 13.1. The van der Waals surface area contributed by atoms with E-state index in [0.29, 0.717) is 24.2 Å². The van der Waals surface area contributed by atoms with Crippen molar-refractivity contribution in [3.8, 4) is 0 Å². The Morgan fingerprint density at radius 1 is 1.04 bits per heavy atom. The summed E-state index contributed by atoms with van der Waals surface area (Å²) in [5, 5.41) is 4.36. The fraction of sp³-hybridized carbons (Fsp3) is 0.812. The van der Waals surface area contributed by atoms with E-state index in [1.807, 2.05) is 0 Å². The smallest absolute Gasteiger partial charge is 0.248 e. The van der Waals surface area contributed by atoms with Crippen molar-refractivity contribution >= 4 is 21.6 Å². The third kappa shape index (κ3) is 3.23. The highest BCUT2D eigenvalue weighted by atomic mass is 35.5. The molecule has 3 rings (SSSR count). The van der Waals surface area contributed by atoms with Gasteiger partial charge in [0.1, 0.15) is 10.0 Å². The van der Waals surface area contributed by atoms with Crippen molar-refractivity contribution in [1.82, 2.24) is 19.0 Å². The van der Waals surface area contributed by atoms with Crippen LogP contribution in [0.1, 0.15) is 37.8 Å². The Hall–Kier alpha value is -0.630. The minimum atomic E-state index is -3.58. The summed E-state index contributed by atoms with van der Waals surface area (Å²) in [4.78, 5) is 2.54. The molecule has 0 aliphatic carbocycles. The lowest BCUT2D eigenvalue weighted by Gasteiger charge is -2.40. The Balaban J connectivity index is 1.81. The van der Waals surface area contributed by atoms with Gasteiger partial charge < -0.3 is 4.90 Å². The molecule has 6 nitrogen and oxygen atoms in total. The molecule has 0 unspecified atom stereocenters. The lowest BCUT2D eigenvalue weighted by atomic mass is 9.73. The van der Waals surface area contributed by atoms with Crippen LogP contribution in [0.5, 0.6) is 0 Å². The van der Waals surface area contributed by atoms with Crippen LogP contribution in [-0.2, 0) is 17.1 Å². The molecule has 24 heavy (non-hydrogen) atoms. The molecule has 2 aliphatic heterocycles. The van der Waals surface area contributed by atoms with Gasteiger partial charge in [0.25, 0.3) is 0 Å². The molecular formula is C16H27ClN4O2S. The predicted octanol–water partition coefficient (Wildman–Crippen LogP) is 2.27. The molecule has 2 fully saturated rings. The predicted molar refractivity (Wildman–Crippen MR) is 94.7 cm³/mol. The van der Waals surface area contributed by atoms with E-state index in [4.69, 9.17) is 11.6 Å². The summed E-state index contributed by atoms with van der Waals surface area (Å²) in [5.74, 6) is 0. The van der Waals surface area contributed by atoms with Crippen LogP contribution in [0.15, 0.2) is 4.90 Å². The highest BCUT2D eigenvalue weighted by Gasteiger charge is 2.39. The molecular weight excluding hydrogens is 348 g/mol. The second-order valence-corrected chi connectivity index (χ2v) is 9.62. The third-order valence-electron chi connectivity index (χ3n) is 5.75. The van der Waals surface area contributed by atoms with Crippen molar-refractivity contribution < 1.29 is 8.42 Å². The largest absolute Gasteiger partial charge is 0.306 e. The normalized spacial score (nSPS) is 23.5. The molecule has 0 bridgehead atoms. The fourth-order valence-corrected chi connectivity index (χ4v) is 6.28. The topological polar surface area (TPSA) is 58.4 Å². The van der Waals surface area contributed by atoms with E-state index in [1.165, 1.54) is 17.5 Å². The molecule has 136 valence electrons. The number of hydrogen-bond acceptors (Lipinski definition) is 4. The molecule has 1 aromatic rings. The minimum absolute atomic E-state index is 0.172. The average molecular weight is 375 g/mol. The molecule has 1 aromatic heterocycles. The van der Waals surface area contributed by atoms with Gasteiger partial charge in [0.2, 0.25) is 10.0 Å². The highest BCUT2D eigenvalue weighted by Crippen LogP contribution is 2.42. The lowest BCUT2D eigenvalue weighted by molar-refractivity contribution is 0.107. The Labute approximate surface area is 149 Å². The SMILES string of the molecule is Cc1nn(C)c(Cl)c1S(=O)(=O)N1CCCC2(CCN(C)CC2)CC1. The van der Waals surface area contributed by atoms with E-state index < -0.39 is 10.0 Å². The fourth-order valence-electron chi connectivity index (χ4n) is 4.10. The van der Waals surface area contributed by atoms with E-state index in [-0.39, 0.29) is 10.0 Å². The van der Waals surface area contributed by atoms with Gasteiger partial charge in [-0.05, 0) is 64.6 Å². The second kappa shape index (κ2) is 6.59. The van der Waals surface area contributed by atoms with Gasteiger partial charge in [0.05, 0.1) is 5.69 Å². The molecule has 0 aromatic carbocycles. The first kappa shape index (κ1) is 18.2. The monoisotopic (exact) mass is 374 g/mol. The Bertz CT molecular complexity index is 708. The van der Waals surface area contributed by atoms with Crippen molar-refractivity contribution in [2.24, 2.45) is 12.5 Å². The van der Waals surface area contributed by atoms with E-state index in [2.05, 4.69) is 17.0 Å². The molecule has 0 amide bonds. The van der Waals surface area contributed by atoms with Crippen LogP contribution >= 0.6 is 11.6 Å². The zero-order chi connectivity index (χ0) is 17.5. The van der Waals surface area contributed by atoms with Crippen molar-refractivity contribution in [1.29, 1.82) is 0 Å². The van der Waals surface area contributed by atoms with Crippen LogP contribution in [0.2, 0.25) is 5.15 Å². The maximum absolute atomic E-state index is 13.1. The molecule has 8 heteroatoms. The van der Waals surface area contributed by atoms with Gasteiger partial charge in [-0.25, -0.2) is 8.42 Å². The van der Waals surface area contributed by atoms with Crippen LogP contribution in [-0.4, -0.2) is 60.6 Å². The minimum Gasteiger partial charge on any atom is -0.306 e. The van der Waals surface area contributed by atoms with Crippen LogP contribution in [0.4, 0.5) is 0 Å². The molecule has 0 saturated carbocycles. The van der Waals surface area contributed by atoms with Crippen molar-refractivity contribution in [3.05, 3.63) is 10.8 Å². The number of nitrogens with zero attached hydrogens (tertiary/aromatic N) is 4. The van der Waals surface area contributed by atoms with Crippen LogP contribution in [0, 0.1) is 12.3 Å². The lowest BCUT2D eigenvalue weighted by Crippen LogP contribution is -2.39. The quantitative estimate of drug-likeness (QED) is 0.796. The van der Waals surface area contributed by atoms with Crippen LogP contribution < -0.4 is 0 Å². The summed E-state index contributed by atoms with van der Waals surface area (Å²) in [5.41, 5.74) is 0.783. The number of aromatic nitrogens is 2. The van der Waals surface area contributed by atoms with Gasteiger partial charge in [0.15, 0.2) is 0 Å². The van der Waals surface area contributed by atoms with E-state index >= 15 is 0 Å². The standard InChI is InChI=1S/C16H27ClN4O2S/c1-13-14(15(17)20(3)18-13)24(22,23)21-9-4-5-16(8-12-21)6-10-19(2)11-7-16/h4-12H2,1-3H3. The Morgan fingerprint density at radius 2 is 1.67 bits per heavy atom. The van der Waals surface area contributed by atoms with Crippen molar-refractivity contribution in [2.75, 3.05) is 33.2 Å². The van der Waals surface area contributed by atoms with Crippen molar-refractivity contribution in [3.63, 3.8) is 0 Å². The summed E-state index contributed by atoms with van der Waals surface area (Å²) < 4.78 is 29.2. The van der Waals surface area contributed by atoms with E-state index in [0.717, 1.165) is 32.4 Å². The maximum Gasteiger partial charge on any atom is 0.248 e. The summed E-state index contributed by atoms with van der Waals surface area (Å²) in [6.45, 7) is 5.08. The van der Waals surface area contributed by atoms with Gasteiger partial charge in [0, 0.05) is 20.1 Å². The molecule has 0 atom stereocenters. The summed E-state index contributed by atoms with van der Waals surface area (Å²) in [6.07, 6.45) is 5.32. The van der Waals surface area contributed by atoms with Gasteiger partial charge in [-0.3, -0.25) is 4.68 Å². The van der Waals surface area contributed by atoms with E-state index in [1.54, 1.807) is 18.3 Å². The second-order valence-electron chi connectivity index (χ2n) is 7.39. The molecule has 0 N–H and O–H groups in total. The zero-order valence-corrected chi connectivity index (χ0v) is 16.3. The number of rotatable bonds is 2. The summed E-state index contributed by atoms with van der Waals surface area (Å²) in [6, 6.07) is 0. The number of likely N-dealkylation sites (tertiary alicyclic amines) is 1. The van der Waals surface area contributed by atoms with Gasteiger partial charge in [-0.15, -0.1) is 0 Å². The number of hydrogen-bond donors (Lipinski definition) is 0. The average Bonchev–Trinajstić information content (AvgIpc) is 2.69. The first-order valence-corrected chi connectivity index (χ1v) is 10.4. The van der Waals surface area contributed by atoms with E-state index in [9.17, 15) is 8.42 Å². The molecule has 0 radical (unpaired) electrons. The highest BCUT2D eigenvalue weighted by molar-refractivity contribution is 7.89. The molecule has 1 spiro atoms. The van der Waals surface area contributed by atoms with Crippen molar-refractivity contribution in [2.45, 2.75) is 43.9 Å². The molecule has 3 heterocycles. The molecule has 2 saturated heterocycles. The first-order chi connectivity index (χ1) is 11.3. The number of piperidine rings is 1. The third-order valence-corrected chi connectivity index (χ3v) is 8.35. The number of aryl methyl sites for hydroxylation is 2. The van der Waals surface area contributed by atoms with Crippen LogP contribution in [0.3, 0.4) is 0 Å².